The van der Waals surface area contributed by atoms with E-state index in [9.17, 15) is 4.79 Å². The molecular formula is C21H34N4O2. The Morgan fingerprint density at radius 3 is 2.33 bits per heavy atom. The molecule has 0 spiro atoms. The molecule has 0 radical (unpaired) electrons. The van der Waals surface area contributed by atoms with Crippen molar-refractivity contribution in [1.29, 1.82) is 0 Å². The van der Waals surface area contributed by atoms with E-state index in [4.69, 9.17) is 10.5 Å². The van der Waals surface area contributed by atoms with E-state index in [1.165, 1.54) is 5.56 Å². The Morgan fingerprint density at radius 2 is 1.70 bits per heavy atom. The number of hydrogen-bond acceptors (Lipinski definition) is 5. The van der Waals surface area contributed by atoms with Crippen molar-refractivity contribution in [3.8, 4) is 0 Å². The van der Waals surface area contributed by atoms with E-state index in [2.05, 4.69) is 46.3 Å². The number of likely N-dealkylation sites (N-methyl/N-ethyl adjacent to an activating group) is 1. The second kappa shape index (κ2) is 10.2. The van der Waals surface area contributed by atoms with Crippen molar-refractivity contribution in [3.63, 3.8) is 0 Å². The van der Waals surface area contributed by atoms with E-state index in [0.717, 1.165) is 57.7 Å². The first kappa shape index (κ1) is 20.3. The number of rotatable bonds is 7. The second-order valence-corrected chi connectivity index (χ2v) is 7.72. The molecule has 3 N–H and O–H groups in total. The SMILES string of the molecule is CCN1CCN(Cc2ccc(CNC(=O)C(N)C3CCOCC3)cc2)CC1. The first-order valence-corrected chi connectivity index (χ1v) is 10.3. The lowest BCUT2D eigenvalue weighted by Crippen LogP contribution is -2.46. The van der Waals surface area contributed by atoms with Crippen LogP contribution in [0.2, 0.25) is 0 Å². The lowest BCUT2D eigenvalue weighted by Gasteiger charge is -2.34. The molecule has 3 rings (SSSR count). The summed E-state index contributed by atoms with van der Waals surface area (Å²) in [5.74, 6) is 0.175. The molecule has 1 atom stereocenters. The van der Waals surface area contributed by atoms with Gasteiger partial charge in [-0.15, -0.1) is 0 Å². The molecule has 1 aromatic carbocycles. The van der Waals surface area contributed by atoms with E-state index in [1.807, 2.05) is 0 Å². The quantitative estimate of drug-likeness (QED) is 0.750. The van der Waals surface area contributed by atoms with Gasteiger partial charge in [0.15, 0.2) is 0 Å². The Balaban J connectivity index is 1.41. The number of benzene rings is 1. The zero-order valence-electron chi connectivity index (χ0n) is 16.5. The third-order valence-electron chi connectivity index (χ3n) is 5.88. The lowest BCUT2D eigenvalue weighted by molar-refractivity contribution is -0.124. The van der Waals surface area contributed by atoms with Crippen LogP contribution in [-0.2, 0) is 22.6 Å². The standard InChI is InChI=1S/C21H34N4O2/c1-2-24-9-11-25(12-10-24)16-18-5-3-17(4-6-18)15-23-21(26)20(22)19-7-13-27-14-8-19/h3-6,19-20H,2,7-16,22H2,1H3,(H,23,26). The summed E-state index contributed by atoms with van der Waals surface area (Å²) in [6, 6.07) is 8.13. The molecule has 1 aromatic rings. The van der Waals surface area contributed by atoms with Crippen molar-refractivity contribution in [2.45, 2.75) is 38.9 Å². The van der Waals surface area contributed by atoms with E-state index < -0.39 is 6.04 Å². The fourth-order valence-electron chi connectivity index (χ4n) is 3.88. The number of hydrogen-bond donors (Lipinski definition) is 2. The maximum absolute atomic E-state index is 12.3. The highest BCUT2D eigenvalue weighted by atomic mass is 16.5. The van der Waals surface area contributed by atoms with Crippen LogP contribution < -0.4 is 11.1 Å². The number of ether oxygens (including phenoxy) is 1. The molecule has 1 amide bonds. The Bertz CT molecular complexity index is 578. The number of carbonyl (C=O) groups is 1. The molecule has 27 heavy (non-hydrogen) atoms. The van der Waals surface area contributed by atoms with Crippen molar-refractivity contribution in [2.24, 2.45) is 11.7 Å². The molecule has 6 heteroatoms. The molecule has 0 aliphatic carbocycles. The van der Waals surface area contributed by atoms with Crippen molar-refractivity contribution >= 4 is 5.91 Å². The summed E-state index contributed by atoms with van der Waals surface area (Å²) in [4.78, 5) is 17.3. The van der Waals surface area contributed by atoms with Gasteiger partial charge in [0.1, 0.15) is 0 Å². The van der Waals surface area contributed by atoms with Crippen molar-refractivity contribution < 1.29 is 9.53 Å². The number of nitrogens with zero attached hydrogens (tertiary/aromatic N) is 2. The summed E-state index contributed by atoms with van der Waals surface area (Å²) in [6.45, 7) is 10.9. The van der Waals surface area contributed by atoms with Gasteiger partial charge >= 0.3 is 0 Å². The normalized spacial score (nSPS) is 21.1. The number of piperazine rings is 1. The monoisotopic (exact) mass is 374 g/mol. The van der Waals surface area contributed by atoms with Crippen LogP contribution in [0.1, 0.15) is 30.9 Å². The van der Waals surface area contributed by atoms with E-state index in [-0.39, 0.29) is 11.8 Å². The number of amides is 1. The maximum atomic E-state index is 12.3. The molecule has 2 aliphatic rings. The van der Waals surface area contributed by atoms with Crippen LogP contribution in [-0.4, -0.2) is 67.7 Å². The highest BCUT2D eigenvalue weighted by molar-refractivity contribution is 5.81. The van der Waals surface area contributed by atoms with Crippen LogP contribution in [0.3, 0.4) is 0 Å². The molecule has 2 heterocycles. The summed E-state index contributed by atoms with van der Waals surface area (Å²) in [5, 5.41) is 2.99. The van der Waals surface area contributed by atoms with E-state index in [0.29, 0.717) is 19.8 Å². The Morgan fingerprint density at radius 1 is 1.11 bits per heavy atom. The van der Waals surface area contributed by atoms with Crippen molar-refractivity contribution in [1.82, 2.24) is 15.1 Å². The third-order valence-corrected chi connectivity index (χ3v) is 5.88. The topological polar surface area (TPSA) is 70.8 Å². The van der Waals surface area contributed by atoms with Crippen LogP contribution in [0.5, 0.6) is 0 Å². The highest BCUT2D eigenvalue weighted by Gasteiger charge is 2.26. The molecule has 1 unspecified atom stereocenters. The molecule has 150 valence electrons. The van der Waals surface area contributed by atoms with Gasteiger partial charge in [-0.2, -0.15) is 0 Å². The van der Waals surface area contributed by atoms with Gasteiger partial charge in [0.05, 0.1) is 6.04 Å². The summed E-state index contributed by atoms with van der Waals surface area (Å²) >= 11 is 0. The molecule has 0 bridgehead atoms. The van der Waals surface area contributed by atoms with Gasteiger partial charge in [-0.05, 0) is 36.4 Å². The Labute approximate surface area is 163 Å². The Kier molecular flexibility index (Phi) is 7.64. The molecule has 6 nitrogen and oxygen atoms in total. The zero-order valence-corrected chi connectivity index (χ0v) is 16.5. The van der Waals surface area contributed by atoms with E-state index >= 15 is 0 Å². The minimum absolute atomic E-state index is 0.0558. The number of nitrogens with one attached hydrogen (secondary N) is 1. The first-order valence-electron chi connectivity index (χ1n) is 10.3. The minimum atomic E-state index is -0.435. The number of carbonyl (C=O) groups excluding carboxylic acids is 1. The van der Waals surface area contributed by atoms with E-state index in [1.54, 1.807) is 0 Å². The molecule has 0 saturated carbocycles. The summed E-state index contributed by atoms with van der Waals surface area (Å²) in [5.41, 5.74) is 8.57. The van der Waals surface area contributed by atoms with Gasteiger partial charge in [0.2, 0.25) is 5.91 Å². The Hall–Kier alpha value is -1.47. The van der Waals surface area contributed by atoms with Gasteiger partial charge in [-0.25, -0.2) is 0 Å². The third kappa shape index (κ3) is 6.01. The predicted octanol–water partition coefficient (Wildman–Crippen LogP) is 1.19. The van der Waals surface area contributed by atoms with Gasteiger partial charge in [-0.1, -0.05) is 31.2 Å². The van der Waals surface area contributed by atoms with Crippen LogP contribution in [0.4, 0.5) is 0 Å². The second-order valence-electron chi connectivity index (χ2n) is 7.72. The van der Waals surface area contributed by atoms with Gasteiger partial charge in [-0.3, -0.25) is 9.69 Å². The van der Waals surface area contributed by atoms with Gasteiger partial charge in [0.25, 0.3) is 0 Å². The maximum Gasteiger partial charge on any atom is 0.237 e. The van der Waals surface area contributed by atoms with Crippen molar-refractivity contribution in [2.75, 3.05) is 45.9 Å². The summed E-state index contributed by atoms with van der Waals surface area (Å²) in [7, 11) is 0. The van der Waals surface area contributed by atoms with Crippen LogP contribution in [0.15, 0.2) is 24.3 Å². The molecule has 0 aromatic heterocycles. The largest absolute Gasteiger partial charge is 0.381 e. The van der Waals surface area contributed by atoms with Crippen LogP contribution in [0.25, 0.3) is 0 Å². The predicted molar refractivity (Wildman–Crippen MR) is 107 cm³/mol. The van der Waals surface area contributed by atoms with Gasteiger partial charge in [0, 0.05) is 52.5 Å². The first-order chi connectivity index (χ1) is 13.2. The molecular weight excluding hydrogens is 340 g/mol. The summed E-state index contributed by atoms with van der Waals surface area (Å²) < 4.78 is 5.34. The lowest BCUT2D eigenvalue weighted by atomic mass is 9.92. The van der Waals surface area contributed by atoms with Gasteiger partial charge < -0.3 is 20.7 Å². The summed E-state index contributed by atoms with van der Waals surface area (Å²) in [6.07, 6.45) is 1.74. The fourth-order valence-corrected chi connectivity index (χ4v) is 3.88. The molecule has 2 saturated heterocycles. The highest BCUT2D eigenvalue weighted by Crippen LogP contribution is 2.18. The zero-order chi connectivity index (χ0) is 19.1. The minimum Gasteiger partial charge on any atom is -0.381 e. The van der Waals surface area contributed by atoms with Crippen molar-refractivity contribution in [3.05, 3.63) is 35.4 Å². The number of nitrogens with two attached hydrogens (primary N) is 1. The smallest absolute Gasteiger partial charge is 0.237 e. The van der Waals surface area contributed by atoms with Crippen LogP contribution in [0, 0.1) is 5.92 Å². The average molecular weight is 375 g/mol. The molecule has 2 fully saturated rings. The average Bonchev–Trinajstić information content (AvgIpc) is 2.73. The fraction of sp³-hybridized carbons (Fsp3) is 0.667. The molecule has 2 aliphatic heterocycles. The van der Waals surface area contributed by atoms with Crippen LogP contribution >= 0.6 is 0 Å².